The number of aliphatic hydroxyl groups is 1. The molecular formula is C29H29N3O4. The molecule has 1 aliphatic heterocycles. The maximum atomic E-state index is 12.9. The Balaban J connectivity index is 1.14. The molecular weight excluding hydrogens is 454 g/mol. The summed E-state index contributed by atoms with van der Waals surface area (Å²) in [7, 11) is 0. The van der Waals surface area contributed by atoms with E-state index >= 15 is 0 Å². The number of nitrogens with zero attached hydrogens (tertiary/aromatic N) is 1. The van der Waals surface area contributed by atoms with E-state index in [0.717, 1.165) is 36.5 Å². The van der Waals surface area contributed by atoms with Gasteiger partial charge in [-0.15, -0.1) is 0 Å². The SMILES string of the molecule is O=C(CN1CC(C(=O)NC2CCC(c3ccccc3)CC2)=C(O)C1=O)Nc1ccc2ccccc2c1. The van der Waals surface area contributed by atoms with E-state index in [1.165, 1.54) is 10.5 Å². The van der Waals surface area contributed by atoms with Crippen LogP contribution in [0.25, 0.3) is 10.8 Å². The predicted molar refractivity (Wildman–Crippen MR) is 138 cm³/mol. The molecule has 1 aliphatic carbocycles. The lowest BCUT2D eigenvalue weighted by Crippen LogP contribution is -2.40. The van der Waals surface area contributed by atoms with Gasteiger partial charge in [-0.3, -0.25) is 14.4 Å². The van der Waals surface area contributed by atoms with E-state index in [-0.39, 0.29) is 24.7 Å². The Hall–Kier alpha value is -4.13. The van der Waals surface area contributed by atoms with Gasteiger partial charge in [-0.2, -0.15) is 0 Å². The largest absolute Gasteiger partial charge is 0.503 e. The van der Waals surface area contributed by atoms with Crippen LogP contribution in [0.5, 0.6) is 0 Å². The van der Waals surface area contributed by atoms with Crippen molar-refractivity contribution in [2.75, 3.05) is 18.4 Å². The Labute approximate surface area is 209 Å². The first-order valence-electron chi connectivity index (χ1n) is 12.3. The third-order valence-electron chi connectivity index (χ3n) is 7.10. The summed E-state index contributed by atoms with van der Waals surface area (Å²) >= 11 is 0. The molecule has 1 saturated carbocycles. The van der Waals surface area contributed by atoms with E-state index in [1.54, 1.807) is 6.07 Å². The van der Waals surface area contributed by atoms with Crippen LogP contribution < -0.4 is 10.6 Å². The summed E-state index contributed by atoms with van der Waals surface area (Å²) in [5, 5.41) is 18.2. The maximum Gasteiger partial charge on any atom is 0.290 e. The van der Waals surface area contributed by atoms with Crippen molar-refractivity contribution in [3.63, 3.8) is 0 Å². The highest BCUT2D eigenvalue weighted by atomic mass is 16.3. The summed E-state index contributed by atoms with van der Waals surface area (Å²) in [5.74, 6) is -1.64. The molecule has 3 aromatic rings. The van der Waals surface area contributed by atoms with Crippen LogP contribution in [0.15, 0.2) is 84.1 Å². The van der Waals surface area contributed by atoms with Gasteiger partial charge in [0.15, 0.2) is 5.76 Å². The fourth-order valence-corrected chi connectivity index (χ4v) is 5.13. The van der Waals surface area contributed by atoms with Crippen LogP contribution in [0.2, 0.25) is 0 Å². The summed E-state index contributed by atoms with van der Waals surface area (Å²) in [5.41, 5.74) is 1.96. The topological polar surface area (TPSA) is 98.7 Å². The highest BCUT2D eigenvalue weighted by Crippen LogP contribution is 2.33. The molecule has 3 aromatic carbocycles. The Morgan fingerprint density at radius 2 is 1.58 bits per heavy atom. The van der Waals surface area contributed by atoms with Crippen molar-refractivity contribution in [1.82, 2.24) is 10.2 Å². The van der Waals surface area contributed by atoms with E-state index in [4.69, 9.17) is 0 Å². The summed E-state index contributed by atoms with van der Waals surface area (Å²) in [6.07, 6.45) is 3.62. The van der Waals surface area contributed by atoms with E-state index in [0.29, 0.717) is 11.6 Å². The second-order valence-electron chi connectivity index (χ2n) is 9.53. The number of benzene rings is 3. The van der Waals surface area contributed by atoms with E-state index in [9.17, 15) is 19.5 Å². The number of fused-ring (bicyclic) bond motifs is 1. The lowest BCUT2D eigenvalue weighted by atomic mass is 9.82. The number of carbonyl (C=O) groups excluding carboxylic acids is 3. The number of anilines is 1. The molecule has 184 valence electrons. The lowest BCUT2D eigenvalue weighted by molar-refractivity contribution is -0.131. The molecule has 3 N–H and O–H groups in total. The van der Waals surface area contributed by atoms with E-state index < -0.39 is 23.5 Å². The summed E-state index contributed by atoms with van der Waals surface area (Å²) in [4.78, 5) is 39.2. The van der Waals surface area contributed by atoms with Crippen LogP contribution in [-0.2, 0) is 14.4 Å². The number of hydrogen-bond acceptors (Lipinski definition) is 4. The van der Waals surface area contributed by atoms with Crippen molar-refractivity contribution in [3.8, 4) is 0 Å². The Morgan fingerprint density at radius 3 is 2.33 bits per heavy atom. The van der Waals surface area contributed by atoms with Crippen molar-refractivity contribution in [2.24, 2.45) is 0 Å². The average molecular weight is 484 g/mol. The number of carbonyl (C=O) groups is 3. The van der Waals surface area contributed by atoms with Crippen LogP contribution >= 0.6 is 0 Å². The quantitative estimate of drug-likeness (QED) is 0.488. The molecule has 1 heterocycles. The maximum absolute atomic E-state index is 12.9. The highest BCUT2D eigenvalue weighted by Gasteiger charge is 2.36. The Bertz CT molecular complexity index is 1330. The predicted octanol–water partition coefficient (Wildman–Crippen LogP) is 4.28. The van der Waals surface area contributed by atoms with Crippen molar-refractivity contribution in [1.29, 1.82) is 0 Å². The minimum atomic E-state index is -0.707. The fourth-order valence-electron chi connectivity index (χ4n) is 5.13. The molecule has 0 atom stereocenters. The van der Waals surface area contributed by atoms with Gasteiger partial charge in [-0.25, -0.2) is 0 Å². The Morgan fingerprint density at radius 1 is 0.889 bits per heavy atom. The van der Waals surface area contributed by atoms with Crippen LogP contribution in [0.4, 0.5) is 5.69 Å². The van der Waals surface area contributed by atoms with Gasteiger partial charge in [-0.1, -0.05) is 60.7 Å². The monoisotopic (exact) mass is 483 g/mol. The van der Waals surface area contributed by atoms with Crippen molar-refractivity contribution in [2.45, 2.75) is 37.6 Å². The number of nitrogens with one attached hydrogen (secondary N) is 2. The molecule has 7 nitrogen and oxygen atoms in total. The molecule has 0 unspecified atom stereocenters. The van der Waals surface area contributed by atoms with Gasteiger partial charge >= 0.3 is 0 Å². The van der Waals surface area contributed by atoms with Crippen molar-refractivity contribution >= 4 is 34.2 Å². The minimum absolute atomic E-state index is 0.00174. The molecule has 0 bridgehead atoms. The number of hydrogen-bond donors (Lipinski definition) is 3. The molecule has 2 aliphatic rings. The third-order valence-corrected chi connectivity index (χ3v) is 7.10. The van der Waals surface area contributed by atoms with Crippen LogP contribution in [0.3, 0.4) is 0 Å². The zero-order chi connectivity index (χ0) is 25.1. The summed E-state index contributed by atoms with van der Waals surface area (Å²) in [6.45, 7) is -0.352. The number of aliphatic hydroxyl groups excluding tert-OH is 1. The molecule has 0 spiro atoms. The average Bonchev–Trinajstić information content (AvgIpc) is 3.18. The van der Waals surface area contributed by atoms with Crippen LogP contribution in [-0.4, -0.2) is 46.9 Å². The van der Waals surface area contributed by atoms with Gasteiger partial charge < -0.3 is 20.6 Å². The third kappa shape index (κ3) is 5.10. The van der Waals surface area contributed by atoms with E-state index in [2.05, 4.69) is 22.8 Å². The van der Waals surface area contributed by atoms with Gasteiger partial charge in [0.1, 0.15) is 6.54 Å². The number of rotatable bonds is 6. The minimum Gasteiger partial charge on any atom is -0.503 e. The zero-order valence-corrected chi connectivity index (χ0v) is 19.9. The molecule has 5 rings (SSSR count). The first kappa shape index (κ1) is 23.6. The molecule has 0 saturated heterocycles. The lowest BCUT2D eigenvalue weighted by Gasteiger charge is -2.29. The standard InChI is InChI=1S/C29H29N3O4/c33-26(30-24-15-12-20-8-4-5-9-22(20)16-24)18-32-17-25(27(34)29(32)36)28(35)31-23-13-10-21(11-14-23)19-6-2-1-3-7-19/h1-9,12,15-16,21,23,34H,10-11,13-14,17-18H2,(H,30,33)(H,31,35). The van der Waals surface area contributed by atoms with Gasteiger partial charge in [0.05, 0.1) is 12.1 Å². The van der Waals surface area contributed by atoms with Gasteiger partial charge in [0.25, 0.3) is 11.8 Å². The molecule has 0 radical (unpaired) electrons. The van der Waals surface area contributed by atoms with Crippen molar-refractivity contribution < 1.29 is 19.5 Å². The second-order valence-corrected chi connectivity index (χ2v) is 9.53. The van der Waals surface area contributed by atoms with Crippen LogP contribution in [0, 0.1) is 0 Å². The first-order valence-corrected chi connectivity index (χ1v) is 12.3. The molecule has 36 heavy (non-hydrogen) atoms. The van der Waals surface area contributed by atoms with Gasteiger partial charge in [-0.05, 0) is 60.1 Å². The van der Waals surface area contributed by atoms with Crippen molar-refractivity contribution in [3.05, 3.63) is 89.7 Å². The smallest absolute Gasteiger partial charge is 0.290 e. The van der Waals surface area contributed by atoms with Gasteiger partial charge in [0, 0.05) is 11.7 Å². The summed E-state index contributed by atoms with van der Waals surface area (Å²) < 4.78 is 0. The first-order chi connectivity index (χ1) is 17.5. The fraction of sp³-hybridized carbons (Fsp3) is 0.276. The van der Waals surface area contributed by atoms with E-state index in [1.807, 2.05) is 54.6 Å². The molecule has 3 amide bonds. The van der Waals surface area contributed by atoms with Gasteiger partial charge in [0.2, 0.25) is 5.91 Å². The molecule has 0 aromatic heterocycles. The highest BCUT2D eigenvalue weighted by molar-refractivity contribution is 6.08. The normalized spacial score (nSPS) is 20.0. The summed E-state index contributed by atoms with van der Waals surface area (Å²) in [6, 6.07) is 23.8. The Kier molecular flexibility index (Phi) is 6.71. The molecule has 1 fully saturated rings. The van der Waals surface area contributed by atoms with Crippen LogP contribution in [0.1, 0.15) is 37.2 Å². The molecule has 7 heteroatoms. The second kappa shape index (κ2) is 10.2. The number of amides is 3. The zero-order valence-electron chi connectivity index (χ0n) is 19.9.